The fraction of sp³-hybridized carbons (Fsp3) is 0.0833. The first-order valence-electron chi connectivity index (χ1n) is 10.2. The van der Waals surface area contributed by atoms with Crippen LogP contribution in [0.2, 0.25) is 0 Å². The molecule has 0 spiro atoms. The molecule has 1 aliphatic heterocycles. The first kappa shape index (κ1) is 21.6. The number of hydrogen-bond acceptors (Lipinski definition) is 1. The highest BCUT2D eigenvalue weighted by Gasteiger charge is 2.45. The fourth-order valence-electron chi connectivity index (χ4n) is 4.57. The van der Waals surface area contributed by atoms with Crippen molar-refractivity contribution in [1.29, 1.82) is 0 Å². The summed E-state index contributed by atoms with van der Waals surface area (Å²) in [5.41, 5.74) is -1.06. The molecule has 0 bridgehead atoms. The predicted molar refractivity (Wildman–Crippen MR) is 118 cm³/mol. The van der Waals surface area contributed by atoms with E-state index in [2.05, 4.69) is 0 Å². The molecule has 0 aliphatic carbocycles. The third kappa shape index (κ3) is 3.70. The number of benzene rings is 4. The van der Waals surface area contributed by atoms with Gasteiger partial charge in [0.2, 0.25) is 0 Å². The van der Waals surface area contributed by atoms with Crippen molar-refractivity contribution in [2.24, 2.45) is 0 Å². The minimum atomic E-state index is -4.65. The van der Waals surface area contributed by atoms with Crippen LogP contribution in [0.15, 0.2) is 84.9 Å². The Bertz CT molecular complexity index is 1250. The molecule has 4 aromatic carbocycles. The molecule has 164 valence electrons. The molecule has 0 unspecified atom stereocenters. The van der Waals surface area contributed by atoms with Gasteiger partial charge in [-0.25, -0.2) is 0 Å². The molecule has 0 atom stereocenters. The summed E-state index contributed by atoms with van der Waals surface area (Å²) < 4.78 is 89.1. The first-order chi connectivity index (χ1) is 15.7. The van der Waals surface area contributed by atoms with Gasteiger partial charge in [-0.05, 0) is 32.6 Å². The smallest absolute Gasteiger partial charge is 0.416 e. The molecule has 0 fully saturated rings. The van der Waals surface area contributed by atoms with Crippen LogP contribution in [0.1, 0.15) is 11.1 Å². The zero-order valence-corrected chi connectivity index (χ0v) is 16.9. The van der Waals surface area contributed by atoms with E-state index in [9.17, 15) is 26.3 Å². The number of alkyl halides is 6. The molecule has 0 radical (unpaired) electrons. The van der Waals surface area contributed by atoms with Gasteiger partial charge in [-0.1, -0.05) is 84.9 Å². The topological polar surface area (TPSA) is 9.23 Å². The Hall–Kier alpha value is -3.19. The number of rotatable bonds is 2. The zero-order valence-electron chi connectivity index (χ0n) is 16.9. The van der Waals surface area contributed by atoms with Crippen molar-refractivity contribution in [3.05, 3.63) is 96.1 Å². The SMILES string of the molecule is FC(F)(F)c1ccccc1B1OB(c2ccccc2C(F)(F)F)c2cccc3cccc1c23. The average Bonchev–Trinajstić information content (AvgIpc) is 2.79. The normalized spacial score (nSPS) is 14.1. The van der Waals surface area contributed by atoms with E-state index in [4.69, 9.17) is 4.57 Å². The van der Waals surface area contributed by atoms with Crippen LogP contribution in [-0.4, -0.2) is 13.8 Å². The molecule has 1 nitrogen and oxygen atoms in total. The lowest BCUT2D eigenvalue weighted by molar-refractivity contribution is -0.137. The molecular weight excluding hydrogens is 440 g/mol. The van der Waals surface area contributed by atoms with Crippen LogP contribution in [0.4, 0.5) is 26.3 Å². The third-order valence-corrected chi connectivity index (χ3v) is 5.90. The van der Waals surface area contributed by atoms with Gasteiger partial charge in [-0.15, -0.1) is 0 Å². The second kappa shape index (κ2) is 7.70. The molecule has 0 amide bonds. The molecule has 0 aromatic heterocycles. The molecule has 0 N–H and O–H groups in total. The third-order valence-electron chi connectivity index (χ3n) is 5.90. The maximum absolute atomic E-state index is 13.8. The van der Waals surface area contributed by atoms with Gasteiger partial charge < -0.3 is 4.57 Å². The average molecular weight is 454 g/mol. The van der Waals surface area contributed by atoms with Gasteiger partial charge in [-0.2, -0.15) is 26.3 Å². The van der Waals surface area contributed by atoms with Crippen molar-refractivity contribution in [3.8, 4) is 0 Å². The summed E-state index contributed by atoms with van der Waals surface area (Å²) in [5.74, 6) is 0. The Morgan fingerprint density at radius 1 is 0.485 bits per heavy atom. The van der Waals surface area contributed by atoms with Gasteiger partial charge in [0, 0.05) is 0 Å². The highest BCUT2D eigenvalue weighted by Crippen LogP contribution is 2.30. The summed E-state index contributed by atoms with van der Waals surface area (Å²) in [7, 11) is 0. The quantitative estimate of drug-likeness (QED) is 0.328. The van der Waals surface area contributed by atoms with Gasteiger partial charge in [0.05, 0.1) is 11.1 Å². The molecule has 5 rings (SSSR count). The summed E-state index contributed by atoms with van der Waals surface area (Å²) in [4.78, 5) is 0. The molecule has 0 saturated heterocycles. The van der Waals surface area contributed by atoms with E-state index < -0.39 is 37.3 Å². The molecule has 0 saturated carbocycles. The minimum Gasteiger partial charge on any atom is -0.484 e. The van der Waals surface area contributed by atoms with Crippen LogP contribution in [0.3, 0.4) is 0 Å². The van der Waals surface area contributed by atoms with Crippen molar-refractivity contribution < 1.29 is 30.9 Å². The van der Waals surface area contributed by atoms with E-state index >= 15 is 0 Å². The van der Waals surface area contributed by atoms with Crippen LogP contribution < -0.4 is 21.9 Å². The standard InChI is InChI=1S/C24H14B2F6O/c27-23(28,29)16-9-1-3-11-18(16)25-20-13-5-7-15-8-6-14-21(22(15)20)26(33-25)19-12-4-2-10-17(19)24(30,31)32/h1-14H. The molecule has 1 heterocycles. The Morgan fingerprint density at radius 3 is 1.30 bits per heavy atom. The second-order valence-electron chi connectivity index (χ2n) is 7.86. The van der Waals surface area contributed by atoms with Crippen LogP contribution >= 0.6 is 0 Å². The van der Waals surface area contributed by atoms with Crippen molar-refractivity contribution in [2.75, 3.05) is 0 Å². The van der Waals surface area contributed by atoms with Gasteiger partial charge in [0.1, 0.15) is 0 Å². The van der Waals surface area contributed by atoms with E-state index in [0.29, 0.717) is 16.3 Å². The van der Waals surface area contributed by atoms with Crippen LogP contribution in [0.5, 0.6) is 0 Å². The van der Waals surface area contributed by atoms with Crippen LogP contribution in [0.25, 0.3) is 10.8 Å². The van der Waals surface area contributed by atoms with E-state index in [-0.39, 0.29) is 10.9 Å². The molecular formula is C24H14B2F6O. The maximum atomic E-state index is 13.8. The Balaban J connectivity index is 1.80. The lowest BCUT2D eigenvalue weighted by atomic mass is 9.41. The summed E-state index contributed by atoms with van der Waals surface area (Å²) in [6, 6.07) is 20.3. The molecule has 33 heavy (non-hydrogen) atoms. The zero-order chi connectivity index (χ0) is 23.4. The second-order valence-corrected chi connectivity index (χ2v) is 7.86. The van der Waals surface area contributed by atoms with Crippen molar-refractivity contribution in [1.82, 2.24) is 0 Å². The van der Waals surface area contributed by atoms with Crippen molar-refractivity contribution in [3.63, 3.8) is 0 Å². The minimum absolute atomic E-state index is 0.138. The van der Waals surface area contributed by atoms with Gasteiger partial charge in [0.15, 0.2) is 0 Å². The Kier molecular flexibility index (Phi) is 5.05. The van der Waals surface area contributed by atoms with Gasteiger partial charge in [-0.3, -0.25) is 0 Å². The monoisotopic (exact) mass is 454 g/mol. The van der Waals surface area contributed by atoms with E-state index in [0.717, 1.165) is 17.5 Å². The first-order valence-corrected chi connectivity index (χ1v) is 10.2. The number of hydrogen-bond donors (Lipinski definition) is 0. The van der Waals surface area contributed by atoms with Crippen molar-refractivity contribution >= 4 is 46.5 Å². The lowest BCUT2D eigenvalue weighted by Gasteiger charge is -2.32. The summed E-state index contributed by atoms with van der Waals surface area (Å²) in [5, 5.41) is 1.33. The van der Waals surface area contributed by atoms with Gasteiger partial charge in [0.25, 0.3) is 0 Å². The van der Waals surface area contributed by atoms with Crippen molar-refractivity contribution in [2.45, 2.75) is 12.4 Å². The van der Waals surface area contributed by atoms with E-state index in [1.807, 2.05) is 0 Å². The molecule has 1 aliphatic rings. The number of halogens is 6. The van der Waals surface area contributed by atoms with E-state index in [1.165, 1.54) is 36.4 Å². The predicted octanol–water partition coefficient (Wildman–Crippen LogP) is 4.12. The van der Waals surface area contributed by atoms with Crippen LogP contribution in [-0.2, 0) is 16.9 Å². The summed E-state index contributed by atoms with van der Waals surface area (Å²) in [6.07, 6.45) is -9.30. The Morgan fingerprint density at radius 2 is 0.879 bits per heavy atom. The lowest BCUT2D eigenvalue weighted by Crippen LogP contribution is -2.62. The largest absolute Gasteiger partial charge is 0.484 e. The van der Waals surface area contributed by atoms with E-state index in [1.54, 1.807) is 36.4 Å². The fourth-order valence-corrected chi connectivity index (χ4v) is 4.57. The summed E-state index contributed by atoms with van der Waals surface area (Å²) >= 11 is 0. The summed E-state index contributed by atoms with van der Waals surface area (Å²) in [6.45, 7) is -2.40. The highest BCUT2D eigenvalue weighted by molar-refractivity contribution is 6.97. The molecule has 4 aromatic rings. The molecule has 9 heteroatoms. The highest BCUT2D eigenvalue weighted by atomic mass is 19.4. The van der Waals surface area contributed by atoms with Gasteiger partial charge >= 0.3 is 26.2 Å². The van der Waals surface area contributed by atoms with Crippen LogP contribution in [0, 0.1) is 0 Å². The maximum Gasteiger partial charge on any atom is 0.416 e. The Labute approximate surface area is 186 Å².